The van der Waals surface area contributed by atoms with Gasteiger partial charge in [-0.2, -0.15) is 5.10 Å². The van der Waals surface area contributed by atoms with Gasteiger partial charge >= 0.3 is 0 Å². The number of fused-ring (bicyclic) bond motifs is 6. The standard InChI is InChI=1S/C16H11BrN2/c1-10-6-7-12-13(8-10)11-4-2-3-5-15(11)19-16(12)14(17)9-18-19/h2-9H,1H3. The van der Waals surface area contributed by atoms with Gasteiger partial charge in [-0.25, -0.2) is 4.52 Å². The molecule has 19 heavy (non-hydrogen) atoms. The molecule has 0 radical (unpaired) electrons. The van der Waals surface area contributed by atoms with Crippen LogP contribution in [0.5, 0.6) is 0 Å². The number of hydrogen-bond acceptors (Lipinski definition) is 1. The zero-order chi connectivity index (χ0) is 13.0. The number of nitrogens with zero attached hydrogens (tertiary/aromatic N) is 2. The van der Waals surface area contributed by atoms with Gasteiger partial charge in [0.15, 0.2) is 0 Å². The monoisotopic (exact) mass is 310 g/mol. The second-order valence-corrected chi connectivity index (χ2v) is 5.67. The molecule has 0 saturated carbocycles. The molecule has 0 unspecified atom stereocenters. The average molecular weight is 311 g/mol. The second-order valence-electron chi connectivity index (χ2n) is 4.82. The van der Waals surface area contributed by atoms with E-state index in [1.807, 2.05) is 10.7 Å². The fourth-order valence-corrected chi connectivity index (χ4v) is 3.20. The molecule has 0 saturated heterocycles. The van der Waals surface area contributed by atoms with Crippen LogP contribution in [-0.2, 0) is 0 Å². The fourth-order valence-electron chi connectivity index (χ4n) is 2.73. The van der Waals surface area contributed by atoms with Crippen LogP contribution in [0.2, 0.25) is 0 Å². The Morgan fingerprint density at radius 1 is 1.00 bits per heavy atom. The van der Waals surface area contributed by atoms with Gasteiger partial charge < -0.3 is 0 Å². The summed E-state index contributed by atoms with van der Waals surface area (Å²) in [6.45, 7) is 2.13. The molecule has 4 rings (SSSR count). The summed E-state index contributed by atoms with van der Waals surface area (Å²) in [5, 5.41) is 8.24. The number of aromatic nitrogens is 2. The van der Waals surface area contributed by atoms with Crippen molar-refractivity contribution >= 4 is 43.1 Å². The van der Waals surface area contributed by atoms with Gasteiger partial charge in [0.2, 0.25) is 0 Å². The van der Waals surface area contributed by atoms with Crippen molar-refractivity contribution in [3.8, 4) is 0 Å². The molecule has 0 aliphatic rings. The maximum absolute atomic E-state index is 4.49. The topological polar surface area (TPSA) is 17.3 Å². The van der Waals surface area contributed by atoms with Gasteiger partial charge in [0.1, 0.15) is 0 Å². The molecule has 0 amide bonds. The molecule has 2 heterocycles. The third-order valence-electron chi connectivity index (χ3n) is 3.58. The van der Waals surface area contributed by atoms with Crippen LogP contribution in [0.4, 0.5) is 0 Å². The third kappa shape index (κ3) is 1.45. The quantitative estimate of drug-likeness (QED) is 0.430. The lowest BCUT2D eigenvalue weighted by Crippen LogP contribution is -1.92. The van der Waals surface area contributed by atoms with E-state index in [0.717, 1.165) is 15.5 Å². The molecule has 0 aliphatic carbocycles. The summed E-state index contributed by atoms with van der Waals surface area (Å²) >= 11 is 3.61. The number of pyridine rings is 1. The van der Waals surface area contributed by atoms with E-state index in [-0.39, 0.29) is 0 Å². The van der Waals surface area contributed by atoms with Crippen LogP contribution < -0.4 is 0 Å². The highest BCUT2D eigenvalue weighted by atomic mass is 79.9. The molecule has 0 fully saturated rings. The van der Waals surface area contributed by atoms with Gasteiger partial charge in [-0.3, -0.25) is 0 Å². The molecule has 0 bridgehead atoms. The minimum absolute atomic E-state index is 1.03. The summed E-state index contributed by atoms with van der Waals surface area (Å²) in [5.41, 5.74) is 3.55. The first-order valence-corrected chi connectivity index (χ1v) is 6.99. The van der Waals surface area contributed by atoms with E-state index in [2.05, 4.69) is 70.4 Å². The van der Waals surface area contributed by atoms with E-state index in [1.165, 1.54) is 21.7 Å². The van der Waals surface area contributed by atoms with Crippen molar-refractivity contribution in [3.05, 3.63) is 58.7 Å². The normalized spacial score (nSPS) is 11.7. The summed E-state index contributed by atoms with van der Waals surface area (Å²) in [7, 11) is 0. The van der Waals surface area contributed by atoms with E-state index in [4.69, 9.17) is 0 Å². The second kappa shape index (κ2) is 3.81. The minimum Gasteiger partial charge on any atom is -0.231 e. The van der Waals surface area contributed by atoms with Crippen LogP contribution >= 0.6 is 15.9 Å². The number of rotatable bonds is 0. The lowest BCUT2D eigenvalue weighted by Gasteiger charge is -2.09. The smallest absolute Gasteiger partial charge is 0.0889 e. The van der Waals surface area contributed by atoms with Gasteiger partial charge in [0.05, 0.1) is 21.7 Å². The molecular formula is C16H11BrN2. The lowest BCUT2D eigenvalue weighted by atomic mass is 10.0. The maximum atomic E-state index is 4.49. The number of para-hydroxylation sites is 1. The maximum Gasteiger partial charge on any atom is 0.0889 e. The Kier molecular flexibility index (Phi) is 2.21. The van der Waals surface area contributed by atoms with Crippen molar-refractivity contribution < 1.29 is 0 Å². The predicted octanol–water partition coefficient (Wildman–Crippen LogP) is 4.71. The van der Waals surface area contributed by atoms with Crippen molar-refractivity contribution in [1.29, 1.82) is 0 Å². The first-order chi connectivity index (χ1) is 9.25. The molecule has 2 nitrogen and oxygen atoms in total. The highest BCUT2D eigenvalue weighted by Crippen LogP contribution is 2.33. The van der Waals surface area contributed by atoms with Crippen LogP contribution in [-0.4, -0.2) is 9.61 Å². The molecule has 0 aliphatic heterocycles. The molecule has 0 spiro atoms. The Morgan fingerprint density at radius 2 is 1.84 bits per heavy atom. The molecule has 0 N–H and O–H groups in total. The lowest BCUT2D eigenvalue weighted by molar-refractivity contribution is 1.01. The number of halogens is 1. The van der Waals surface area contributed by atoms with Crippen molar-refractivity contribution in [1.82, 2.24) is 9.61 Å². The summed E-state index contributed by atoms with van der Waals surface area (Å²) in [4.78, 5) is 0. The average Bonchev–Trinajstić information content (AvgIpc) is 2.82. The van der Waals surface area contributed by atoms with E-state index >= 15 is 0 Å². The molecular weight excluding hydrogens is 300 g/mol. The van der Waals surface area contributed by atoms with Crippen molar-refractivity contribution in [3.63, 3.8) is 0 Å². The molecule has 2 aromatic carbocycles. The minimum atomic E-state index is 1.03. The van der Waals surface area contributed by atoms with E-state index in [9.17, 15) is 0 Å². The van der Waals surface area contributed by atoms with Gasteiger partial charge in [0, 0.05) is 10.8 Å². The van der Waals surface area contributed by atoms with Crippen molar-refractivity contribution in [2.75, 3.05) is 0 Å². The van der Waals surface area contributed by atoms with Crippen LogP contribution in [0.15, 0.2) is 53.1 Å². The zero-order valence-corrected chi connectivity index (χ0v) is 12.0. The van der Waals surface area contributed by atoms with Crippen LogP contribution in [0.25, 0.3) is 27.2 Å². The predicted molar refractivity (Wildman–Crippen MR) is 82.6 cm³/mol. The Hall–Kier alpha value is -1.87. The largest absolute Gasteiger partial charge is 0.231 e. The molecule has 4 aromatic rings. The highest BCUT2D eigenvalue weighted by molar-refractivity contribution is 9.10. The Labute approximate surface area is 118 Å². The number of aryl methyl sites for hydroxylation is 1. The molecule has 0 atom stereocenters. The van der Waals surface area contributed by atoms with Crippen LogP contribution in [0.3, 0.4) is 0 Å². The zero-order valence-electron chi connectivity index (χ0n) is 10.4. The summed E-state index contributed by atoms with van der Waals surface area (Å²) in [6.07, 6.45) is 1.86. The Morgan fingerprint density at radius 3 is 2.74 bits per heavy atom. The molecule has 3 heteroatoms. The summed E-state index contributed by atoms with van der Waals surface area (Å²) in [5.74, 6) is 0. The first kappa shape index (κ1) is 11.0. The number of benzene rings is 2. The Bertz CT molecular complexity index is 938. The first-order valence-electron chi connectivity index (χ1n) is 6.20. The third-order valence-corrected chi connectivity index (χ3v) is 4.16. The Balaban J connectivity index is 2.44. The molecule has 2 aromatic heterocycles. The van der Waals surface area contributed by atoms with Gasteiger partial charge in [-0.05, 0) is 34.3 Å². The summed E-state index contributed by atoms with van der Waals surface area (Å²) in [6, 6.07) is 15.0. The number of hydrogen-bond donors (Lipinski definition) is 0. The van der Waals surface area contributed by atoms with Crippen molar-refractivity contribution in [2.45, 2.75) is 6.92 Å². The van der Waals surface area contributed by atoms with E-state index in [1.54, 1.807) is 0 Å². The van der Waals surface area contributed by atoms with Gasteiger partial charge in [-0.1, -0.05) is 42.0 Å². The van der Waals surface area contributed by atoms with Crippen molar-refractivity contribution in [2.24, 2.45) is 0 Å². The van der Waals surface area contributed by atoms with Crippen LogP contribution in [0, 0.1) is 6.92 Å². The van der Waals surface area contributed by atoms with Gasteiger partial charge in [0.25, 0.3) is 0 Å². The highest BCUT2D eigenvalue weighted by Gasteiger charge is 2.11. The van der Waals surface area contributed by atoms with Gasteiger partial charge in [-0.15, -0.1) is 0 Å². The summed E-state index contributed by atoms with van der Waals surface area (Å²) < 4.78 is 3.05. The fraction of sp³-hybridized carbons (Fsp3) is 0.0625. The molecule has 92 valence electrons. The van der Waals surface area contributed by atoms with E-state index < -0.39 is 0 Å². The SMILES string of the molecule is Cc1ccc2c(c1)c1ccccc1n1ncc(Br)c21. The van der Waals surface area contributed by atoms with E-state index in [0.29, 0.717) is 0 Å². The van der Waals surface area contributed by atoms with Crippen LogP contribution in [0.1, 0.15) is 5.56 Å².